The Labute approximate surface area is 129 Å². The zero-order valence-corrected chi connectivity index (χ0v) is 12.9. The highest BCUT2D eigenvalue weighted by Gasteiger charge is 2.20. The summed E-state index contributed by atoms with van der Waals surface area (Å²) in [6.45, 7) is 3.35. The lowest BCUT2D eigenvalue weighted by atomic mass is 10.0. The first-order valence-corrected chi connectivity index (χ1v) is 7.37. The van der Waals surface area contributed by atoms with E-state index in [1.54, 1.807) is 6.92 Å². The predicted molar refractivity (Wildman–Crippen MR) is 86.4 cm³/mol. The molecule has 0 unspecified atom stereocenters. The molecule has 4 nitrogen and oxygen atoms in total. The largest absolute Gasteiger partial charge is 0.389 e. The van der Waals surface area contributed by atoms with Crippen molar-refractivity contribution in [1.29, 1.82) is 0 Å². The summed E-state index contributed by atoms with van der Waals surface area (Å²) in [5.41, 5.74) is 7.37. The Morgan fingerprint density at radius 3 is 2.60 bits per heavy atom. The molecule has 3 N–H and O–H groups in total. The molecule has 0 aliphatic carbocycles. The Hall–Kier alpha value is -1.33. The highest BCUT2D eigenvalue weighted by molar-refractivity contribution is 7.80. The van der Waals surface area contributed by atoms with E-state index in [4.69, 9.17) is 29.6 Å². The Kier molecular flexibility index (Phi) is 4.83. The highest BCUT2D eigenvalue weighted by atomic mass is 35.5. The average molecular weight is 312 g/mol. The van der Waals surface area contributed by atoms with Crippen LogP contribution in [0.1, 0.15) is 25.3 Å². The second-order valence-electron chi connectivity index (χ2n) is 4.99. The third kappa shape index (κ3) is 3.61. The summed E-state index contributed by atoms with van der Waals surface area (Å²) in [6, 6.07) is 6.02. The number of amides is 1. The molecule has 1 heterocycles. The van der Waals surface area contributed by atoms with Gasteiger partial charge < -0.3 is 16.0 Å². The van der Waals surface area contributed by atoms with Crippen molar-refractivity contribution < 1.29 is 4.79 Å². The molecule has 0 radical (unpaired) electrons. The SMILES string of the molecule is CC(=O)NC1CCN(c2ccc(C(N)=S)c(Cl)c2)CC1. The number of anilines is 1. The van der Waals surface area contributed by atoms with Gasteiger partial charge in [0.25, 0.3) is 0 Å². The van der Waals surface area contributed by atoms with E-state index in [2.05, 4.69) is 10.2 Å². The smallest absolute Gasteiger partial charge is 0.217 e. The van der Waals surface area contributed by atoms with Crippen molar-refractivity contribution in [2.75, 3.05) is 18.0 Å². The summed E-state index contributed by atoms with van der Waals surface area (Å²) in [5.74, 6) is 0.0345. The molecule has 1 aliphatic rings. The first kappa shape index (κ1) is 15.1. The second kappa shape index (κ2) is 6.41. The predicted octanol–water partition coefficient (Wildman–Crippen LogP) is 2.08. The van der Waals surface area contributed by atoms with Crippen molar-refractivity contribution in [1.82, 2.24) is 5.32 Å². The van der Waals surface area contributed by atoms with Crippen LogP contribution in [0.4, 0.5) is 5.69 Å². The van der Waals surface area contributed by atoms with Crippen LogP contribution in [-0.2, 0) is 4.79 Å². The minimum Gasteiger partial charge on any atom is -0.389 e. The molecule has 1 aliphatic heterocycles. The second-order valence-corrected chi connectivity index (χ2v) is 5.84. The molecule has 1 aromatic rings. The number of nitrogens with two attached hydrogens (primary N) is 1. The third-order valence-electron chi connectivity index (χ3n) is 3.49. The Balaban J connectivity index is 2.02. The van der Waals surface area contributed by atoms with Gasteiger partial charge in [0, 0.05) is 37.3 Å². The van der Waals surface area contributed by atoms with Crippen molar-refractivity contribution in [2.24, 2.45) is 5.73 Å². The van der Waals surface area contributed by atoms with Crippen molar-refractivity contribution in [3.63, 3.8) is 0 Å². The topological polar surface area (TPSA) is 58.4 Å². The van der Waals surface area contributed by atoms with E-state index >= 15 is 0 Å². The number of nitrogens with zero attached hydrogens (tertiary/aromatic N) is 1. The molecule has 1 aromatic carbocycles. The molecule has 0 bridgehead atoms. The van der Waals surface area contributed by atoms with Gasteiger partial charge in [0.05, 0.1) is 5.02 Å². The zero-order chi connectivity index (χ0) is 14.7. The third-order valence-corrected chi connectivity index (χ3v) is 4.02. The summed E-state index contributed by atoms with van der Waals surface area (Å²) in [5, 5.41) is 3.55. The fourth-order valence-corrected chi connectivity index (χ4v) is 2.98. The number of hydrogen-bond donors (Lipinski definition) is 2. The molecule has 6 heteroatoms. The first-order chi connectivity index (χ1) is 9.47. The molecular weight excluding hydrogens is 294 g/mol. The van der Waals surface area contributed by atoms with Crippen LogP contribution in [0, 0.1) is 0 Å². The number of halogens is 1. The van der Waals surface area contributed by atoms with Crippen molar-refractivity contribution >= 4 is 40.4 Å². The molecular formula is C14H18ClN3OS. The quantitative estimate of drug-likeness (QED) is 0.839. The minimum atomic E-state index is 0.0345. The van der Waals surface area contributed by atoms with Crippen LogP contribution >= 0.6 is 23.8 Å². The number of carbonyl (C=O) groups excluding carboxylic acids is 1. The van der Waals surface area contributed by atoms with E-state index < -0.39 is 0 Å². The molecule has 0 spiro atoms. The fourth-order valence-electron chi connectivity index (χ4n) is 2.47. The Morgan fingerprint density at radius 2 is 2.10 bits per heavy atom. The lowest BCUT2D eigenvalue weighted by Gasteiger charge is -2.34. The molecule has 1 fully saturated rings. The number of hydrogen-bond acceptors (Lipinski definition) is 3. The van der Waals surface area contributed by atoms with Crippen LogP contribution in [0.15, 0.2) is 18.2 Å². The highest BCUT2D eigenvalue weighted by Crippen LogP contribution is 2.26. The summed E-state index contributed by atoms with van der Waals surface area (Å²) < 4.78 is 0. The van der Waals surface area contributed by atoms with E-state index in [-0.39, 0.29) is 11.9 Å². The maximum absolute atomic E-state index is 11.0. The van der Waals surface area contributed by atoms with Crippen molar-refractivity contribution in [3.8, 4) is 0 Å². The summed E-state index contributed by atoms with van der Waals surface area (Å²) >= 11 is 11.1. The number of piperidine rings is 1. The van der Waals surface area contributed by atoms with Crippen LogP contribution in [0.5, 0.6) is 0 Å². The summed E-state index contributed by atoms with van der Waals surface area (Å²) in [7, 11) is 0. The van der Waals surface area contributed by atoms with Crippen LogP contribution in [-0.4, -0.2) is 30.0 Å². The number of carbonyl (C=O) groups is 1. The van der Waals surface area contributed by atoms with Crippen LogP contribution in [0.2, 0.25) is 5.02 Å². The van der Waals surface area contributed by atoms with Gasteiger partial charge in [-0.2, -0.15) is 0 Å². The first-order valence-electron chi connectivity index (χ1n) is 6.59. The maximum Gasteiger partial charge on any atom is 0.217 e. The van der Waals surface area contributed by atoms with E-state index in [1.165, 1.54) is 0 Å². The molecule has 1 amide bonds. The molecule has 20 heavy (non-hydrogen) atoms. The minimum absolute atomic E-state index is 0.0345. The number of thiocarbonyl (C=S) groups is 1. The van der Waals surface area contributed by atoms with Crippen LogP contribution in [0.25, 0.3) is 0 Å². The lowest BCUT2D eigenvalue weighted by Crippen LogP contribution is -2.44. The van der Waals surface area contributed by atoms with Gasteiger partial charge in [-0.3, -0.25) is 4.79 Å². The summed E-state index contributed by atoms with van der Waals surface area (Å²) in [4.78, 5) is 13.6. The van der Waals surface area contributed by atoms with Gasteiger partial charge in [0.15, 0.2) is 0 Å². The van der Waals surface area contributed by atoms with Gasteiger partial charge in [0.1, 0.15) is 4.99 Å². The van der Waals surface area contributed by atoms with E-state index in [0.717, 1.165) is 31.6 Å². The zero-order valence-electron chi connectivity index (χ0n) is 11.4. The van der Waals surface area contributed by atoms with Gasteiger partial charge in [0.2, 0.25) is 5.91 Å². The Morgan fingerprint density at radius 1 is 1.45 bits per heavy atom. The average Bonchev–Trinajstić information content (AvgIpc) is 2.38. The van der Waals surface area contributed by atoms with E-state index in [1.807, 2.05) is 18.2 Å². The standard InChI is InChI=1S/C14H18ClN3OS/c1-9(19)17-10-4-6-18(7-5-10)11-2-3-12(14(16)20)13(15)8-11/h2-3,8,10H,4-7H2,1H3,(H2,16,20)(H,17,19). The van der Waals surface area contributed by atoms with Crippen molar-refractivity contribution in [3.05, 3.63) is 28.8 Å². The van der Waals surface area contributed by atoms with Gasteiger partial charge in [-0.15, -0.1) is 0 Å². The lowest BCUT2D eigenvalue weighted by molar-refractivity contribution is -0.119. The molecule has 108 valence electrons. The van der Waals surface area contributed by atoms with Crippen molar-refractivity contribution in [2.45, 2.75) is 25.8 Å². The summed E-state index contributed by atoms with van der Waals surface area (Å²) in [6.07, 6.45) is 1.88. The number of rotatable bonds is 3. The normalized spacial score (nSPS) is 16.0. The molecule has 0 atom stereocenters. The molecule has 0 saturated carbocycles. The fraction of sp³-hybridized carbons (Fsp3) is 0.429. The maximum atomic E-state index is 11.0. The van der Waals surface area contributed by atoms with Gasteiger partial charge in [-0.25, -0.2) is 0 Å². The van der Waals surface area contributed by atoms with Crippen LogP contribution < -0.4 is 16.0 Å². The monoisotopic (exact) mass is 311 g/mol. The van der Waals surface area contributed by atoms with Crippen LogP contribution in [0.3, 0.4) is 0 Å². The van der Waals surface area contributed by atoms with E-state index in [0.29, 0.717) is 15.6 Å². The van der Waals surface area contributed by atoms with Gasteiger partial charge >= 0.3 is 0 Å². The van der Waals surface area contributed by atoms with Gasteiger partial charge in [-0.05, 0) is 31.0 Å². The van der Waals surface area contributed by atoms with Gasteiger partial charge in [-0.1, -0.05) is 23.8 Å². The number of benzene rings is 1. The molecule has 2 rings (SSSR count). The molecule has 1 saturated heterocycles. The Bertz CT molecular complexity index is 527. The van der Waals surface area contributed by atoms with E-state index in [9.17, 15) is 4.79 Å². The molecule has 0 aromatic heterocycles. The number of nitrogens with one attached hydrogen (secondary N) is 1.